The fourth-order valence-electron chi connectivity index (χ4n) is 1.72. The third-order valence-electron chi connectivity index (χ3n) is 2.64. The van der Waals surface area contributed by atoms with Gasteiger partial charge < -0.3 is 13.9 Å². The van der Waals surface area contributed by atoms with Gasteiger partial charge in [-0.3, -0.25) is 0 Å². The quantitative estimate of drug-likeness (QED) is 0.762. The summed E-state index contributed by atoms with van der Waals surface area (Å²) < 4.78 is 37.3. The summed E-state index contributed by atoms with van der Waals surface area (Å²) in [5.41, 5.74) is 0.569. The summed E-state index contributed by atoms with van der Waals surface area (Å²) in [6.45, 7) is 0.349. The topological polar surface area (TPSA) is 116 Å². The minimum absolute atomic E-state index is 0.000560. The van der Waals surface area contributed by atoms with Crippen molar-refractivity contribution in [2.45, 2.75) is 0 Å². The summed E-state index contributed by atoms with van der Waals surface area (Å²) in [6, 6.07) is 9.07. The van der Waals surface area contributed by atoms with E-state index in [4.69, 9.17) is 24.3 Å². The molecule has 0 saturated heterocycles. The summed E-state index contributed by atoms with van der Waals surface area (Å²) in [6.07, 6.45) is 0. The molecule has 2 rings (SSSR count). The number of primary sulfonamides is 1. The molecule has 0 spiro atoms. The molecule has 0 aliphatic rings. The Bertz CT molecular complexity index is 760. The average Bonchev–Trinajstić information content (AvgIpc) is 2.79. The Kier molecular flexibility index (Phi) is 4.80. The van der Waals surface area contributed by atoms with Crippen LogP contribution in [0.2, 0.25) is 0 Å². The van der Waals surface area contributed by atoms with Gasteiger partial charge in [0, 0.05) is 0 Å². The minimum Gasteiger partial charge on any atom is -0.486 e. The SMILES string of the molecule is N#Cc1oc2ccccc2c1OCCOCCS(N)(=O)=O. The molecule has 1 heterocycles. The molecule has 0 amide bonds. The van der Waals surface area contributed by atoms with Crippen LogP contribution >= 0.6 is 0 Å². The standard InChI is InChI=1S/C13H14N2O5S/c14-9-12-13(10-3-1-2-4-11(10)20-12)19-6-5-18-7-8-21(15,16)17/h1-4H,5-8H2,(H2,15,16,17). The van der Waals surface area contributed by atoms with E-state index in [1.807, 2.05) is 12.1 Å². The van der Waals surface area contributed by atoms with Gasteiger partial charge in [0.15, 0.2) is 5.75 Å². The van der Waals surface area contributed by atoms with Crippen LogP contribution in [-0.4, -0.2) is 34.0 Å². The van der Waals surface area contributed by atoms with Gasteiger partial charge in [-0.25, -0.2) is 13.6 Å². The van der Waals surface area contributed by atoms with Gasteiger partial charge in [0.2, 0.25) is 15.8 Å². The van der Waals surface area contributed by atoms with Crippen LogP contribution in [-0.2, 0) is 14.8 Å². The summed E-state index contributed by atoms with van der Waals surface area (Å²) in [5.74, 6) is 0.217. The van der Waals surface area contributed by atoms with Crippen molar-refractivity contribution in [2.75, 3.05) is 25.6 Å². The molecule has 0 saturated carbocycles. The van der Waals surface area contributed by atoms with E-state index in [0.717, 1.165) is 0 Å². The van der Waals surface area contributed by atoms with Crippen LogP contribution < -0.4 is 9.88 Å². The number of benzene rings is 1. The third kappa shape index (κ3) is 4.19. The lowest BCUT2D eigenvalue weighted by Gasteiger charge is -2.05. The van der Waals surface area contributed by atoms with E-state index >= 15 is 0 Å². The van der Waals surface area contributed by atoms with Gasteiger partial charge in [-0.15, -0.1) is 0 Å². The van der Waals surface area contributed by atoms with Crippen LogP contribution in [0.3, 0.4) is 0 Å². The fraction of sp³-hybridized carbons (Fsp3) is 0.308. The number of sulfonamides is 1. The normalized spacial score (nSPS) is 11.4. The van der Waals surface area contributed by atoms with Crippen molar-refractivity contribution >= 4 is 21.0 Å². The van der Waals surface area contributed by atoms with Gasteiger partial charge in [-0.05, 0) is 12.1 Å². The maximum Gasteiger partial charge on any atom is 0.246 e. The highest BCUT2D eigenvalue weighted by Crippen LogP contribution is 2.32. The molecule has 2 aromatic rings. The lowest BCUT2D eigenvalue weighted by atomic mass is 10.2. The van der Waals surface area contributed by atoms with Crippen molar-refractivity contribution in [2.24, 2.45) is 5.14 Å². The second-order valence-corrected chi connectivity index (χ2v) is 5.93. The second-order valence-electron chi connectivity index (χ2n) is 4.20. The molecule has 8 heteroatoms. The van der Waals surface area contributed by atoms with E-state index in [1.165, 1.54) is 0 Å². The van der Waals surface area contributed by atoms with Crippen molar-refractivity contribution in [3.05, 3.63) is 30.0 Å². The Balaban J connectivity index is 1.90. The highest BCUT2D eigenvalue weighted by atomic mass is 32.2. The van der Waals surface area contributed by atoms with Crippen LogP contribution in [0.5, 0.6) is 5.75 Å². The van der Waals surface area contributed by atoms with Crippen molar-refractivity contribution in [3.63, 3.8) is 0 Å². The predicted molar refractivity (Wildman–Crippen MR) is 75.2 cm³/mol. The Morgan fingerprint density at radius 2 is 2.00 bits per heavy atom. The molecule has 0 atom stereocenters. The molecular weight excluding hydrogens is 296 g/mol. The van der Waals surface area contributed by atoms with E-state index < -0.39 is 10.0 Å². The maximum atomic E-state index is 10.7. The zero-order chi connectivity index (χ0) is 15.3. The minimum atomic E-state index is -3.52. The third-order valence-corrected chi connectivity index (χ3v) is 3.37. The molecule has 1 aromatic carbocycles. The van der Waals surface area contributed by atoms with Gasteiger partial charge in [0.1, 0.15) is 18.3 Å². The van der Waals surface area contributed by atoms with Crippen LogP contribution in [0, 0.1) is 11.3 Å². The molecule has 0 aliphatic heterocycles. The Morgan fingerprint density at radius 3 is 2.71 bits per heavy atom. The fourth-order valence-corrected chi connectivity index (χ4v) is 2.07. The summed E-state index contributed by atoms with van der Waals surface area (Å²) in [7, 11) is -3.52. The maximum absolute atomic E-state index is 10.7. The first-order valence-corrected chi connectivity index (χ1v) is 7.85. The van der Waals surface area contributed by atoms with Crippen molar-refractivity contribution in [3.8, 4) is 11.8 Å². The monoisotopic (exact) mass is 310 g/mol. The Hall–Kier alpha value is -2.08. The first-order valence-electron chi connectivity index (χ1n) is 6.14. The van der Waals surface area contributed by atoms with Crippen molar-refractivity contribution in [1.82, 2.24) is 0 Å². The number of nitrogens with two attached hydrogens (primary N) is 1. The van der Waals surface area contributed by atoms with Crippen LogP contribution in [0.1, 0.15) is 5.76 Å². The van der Waals surface area contributed by atoms with Gasteiger partial charge >= 0.3 is 0 Å². The van der Waals surface area contributed by atoms with Gasteiger partial charge in [0.25, 0.3) is 0 Å². The number of rotatable bonds is 7. The smallest absolute Gasteiger partial charge is 0.246 e. The average molecular weight is 310 g/mol. The summed E-state index contributed by atoms with van der Waals surface area (Å²) >= 11 is 0. The lowest BCUT2D eigenvalue weighted by molar-refractivity contribution is 0.111. The molecule has 21 heavy (non-hydrogen) atoms. The number of fused-ring (bicyclic) bond motifs is 1. The highest BCUT2D eigenvalue weighted by molar-refractivity contribution is 7.89. The zero-order valence-electron chi connectivity index (χ0n) is 11.1. The molecule has 0 fully saturated rings. The van der Waals surface area contributed by atoms with Gasteiger partial charge in [-0.2, -0.15) is 5.26 Å². The highest BCUT2D eigenvalue weighted by Gasteiger charge is 2.14. The lowest BCUT2D eigenvalue weighted by Crippen LogP contribution is -2.21. The number of hydrogen-bond acceptors (Lipinski definition) is 6. The van der Waals surface area contributed by atoms with Gasteiger partial charge in [0.05, 0.1) is 24.4 Å². The first-order chi connectivity index (χ1) is 10.0. The zero-order valence-corrected chi connectivity index (χ0v) is 11.9. The van der Waals surface area contributed by atoms with E-state index in [9.17, 15) is 8.42 Å². The number of furan rings is 1. The van der Waals surface area contributed by atoms with E-state index in [1.54, 1.807) is 18.2 Å². The molecule has 2 N–H and O–H groups in total. The largest absolute Gasteiger partial charge is 0.486 e. The number of hydrogen-bond donors (Lipinski definition) is 1. The molecule has 7 nitrogen and oxygen atoms in total. The first kappa shape index (κ1) is 15.3. The van der Waals surface area contributed by atoms with Crippen LogP contribution in [0.4, 0.5) is 0 Å². The second kappa shape index (κ2) is 6.58. The van der Waals surface area contributed by atoms with E-state index in [-0.39, 0.29) is 31.3 Å². The van der Waals surface area contributed by atoms with Crippen LogP contribution in [0.15, 0.2) is 28.7 Å². The van der Waals surface area contributed by atoms with Crippen LogP contribution in [0.25, 0.3) is 11.0 Å². The molecule has 0 radical (unpaired) electrons. The molecular formula is C13H14N2O5S. The van der Waals surface area contributed by atoms with Crippen molar-refractivity contribution < 1.29 is 22.3 Å². The van der Waals surface area contributed by atoms with Crippen molar-refractivity contribution in [1.29, 1.82) is 5.26 Å². The number of ether oxygens (including phenoxy) is 2. The number of para-hydroxylation sites is 1. The number of nitrogens with zero attached hydrogens (tertiary/aromatic N) is 1. The Labute approximate surface area is 121 Å². The van der Waals surface area contributed by atoms with E-state index in [2.05, 4.69) is 0 Å². The Morgan fingerprint density at radius 1 is 1.24 bits per heavy atom. The van der Waals surface area contributed by atoms with Gasteiger partial charge in [-0.1, -0.05) is 12.1 Å². The number of nitriles is 1. The molecule has 0 aliphatic carbocycles. The predicted octanol–water partition coefficient (Wildman–Crippen LogP) is 0.988. The molecule has 1 aromatic heterocycles. The summed E-state index contributed by atoms with van der Waals surface area (Å²) in [5, 5.41) is 14.6. The van der Waals surface area contributed by atoms with E-state index in [0.29, 0.717) is 16.7 Å². The molecule has 0 bridgehead atoms. The molecule has 0 unspecified atom stereocenters. The molecule has 112 valence electrons. The summed E-state index contributed by atoms with van der Waals surface area (Å²) in [4.78, 5) is 0.